The van der Waals surface area contributed by atoms with Gasteiger partial charge in [0.1, 0.15) is 0 Å². The number of hydrogen-bond donors (Lipinski definition) is 2. The van der Waals surface area contributed by atoms with Crippen molar-refractivity contribution in [3.8, 4) is 0 Å². The van der Waals surface area contributed by atoms with Crippen molar-refractivity contribution in [1.82, 2.24) is 0 Å². The number of rotatable bonds is 5. The predicted molar refractivity (Wildman–Crippen MR) is 106 cm³/mol. The van der Waals surface area contributed by atoms with E-state index in [-0.39, 0.29) is 23.6 Å². The van der Waals surface area contributed by atoms with Gasteiger partial charge in [-0.2, -0.15) is 0 Å². The smallest absolute Gasteiger partial charge is 0.255 e. The Hall–Kier alpha value is -3.15. The van der Waals surface area contributed by atoms with E-state index in [0.717, 1.165) is 12.1 Å². The largest absolute Gasteiger partial charge is 0.326 e. The van der Waals surface area contributed by atoms with Crippen LogP contribution in [0.4, 0.5) is 17.1 Å². The number of nitrogens with zero attached hydrogens (tertiary/aromatic N) is 1. The first-order chi connectivity index (χ1) is 12.9. The van der Waals surface area contributed by atoms with Gasteiger partial charge in [-0.05, 0) is 48.9 Å². The molecule has 1 saturated heterocycles. The number of hydrogen-bond acceptors (Lipinski definition) is 3. The van der Waals surface area contributed by atoms with Gasteiger partial charge in [-0.15, -0.1) is 0 Å². The van der Waals surface area contributed by atoms with E-state index < -0.39 is 0 Å². The average Bonchev–Trinajstić information content (AvgIpc) is 3.08. The molecular formula is C21H23N3O3. The summed E-state index contributed by atoms with van der Waals surface area (Å²) in [6, 6.07) is 14.0. The topological polar surface area (TPSA) is 78.5 Å². The number of carbonyl (C=O) groups excluding carboxylic acids is 3. The summed E-state index contributed by atoms with van der Waals surface area (Å²) in [6.45, 7) is 4.35. The molecule has 2 N–H and O–H groups in total. The Labute approximate surface area is 158 Å². The van der Waals surface area contributed by atoms with Gasteiger partial charge < -0.3 is 15.5 Å². The van der Waals surface area contributed by atoms with E-state index >= 15 is 0 Å². The summed E-state index contributed by atoms with van der Waals surface area (Å²) < 4.78 is 0. The molecule has 0 saturated carbocycles. The van der Waals surface area contributed by atoms with Gasteiger partial charge in [0, 0.05) is 41.5 Å². The van der Waals surface area contributed by atoms with Gasteiger partial charge in [-0.3, -0.25) is 14.4 Å². The van der Waals surface area contributed by atoms with E-state index in [4.69, 9.17) is 0 Å². The average molecular weight is 365 g/mol. The second-order valence-electron chi connectivity index (χ2n) is 6.87. The fourth-order valence-corrected chi connectivity index (χ4v) is 2.87. The van der Waals surface area contributed by atoms with Gasteiger partial charge in [0.25, 0.3) is 5.91 Å². The highest BCUT2D eigenvalue weighted by Gasteiger charge is 2.21. The van der Waals surface area contributed by atoms with Gasteiger partial charge in [-0.1, -0.05) is 19.9 Å². The third-order valence-corrected chi connectivity index (χ3v) is 4.43. The van der Waals surface area contributed by atoms with Crippen LogP contribution in [-0.2, 0) is 9.59 Å². The van der Waals surface area contributed by atoms with Crippen LogP contribution in [0.25, 0.3) is 0 Å². The molecule has 2 aromatic carbocycles. The Morgan fingerprint density at radius 1 is 1.00 bits per heavy atom. The molecule has 0 spiro atoms. The molecule has 27 heavy (non-hydrogen) atoms. The first-order valence-electron chi connectivity index (χ1n) is 9.07. The van der Waals surface area contributed by atoms with Crippen LogP contribution in [0.5, 0.6) is 0 Å². The van der Waals surface area contributed by atoms with E-state index in [2.05, 4.69) is 10.6 Å². The zero-order valence-electron chi connectivity index (χ0n) is 15.5. The SMILES string of the molecule is CC(C)C(=O)Nc1ccc(C(=O)Nc2cccc(N3CCCC3=O)c2)cc1. The van der Waals surface area contributed by atoms with Crippen LogP contribution in [-0.4, -0.2) is 24.3 Å². The molecule has 0 bridgehead atoms. The molecule has 0 aliphatic carbocycles. The lowest BCUT2D eigenvalue weighted by Gasteiger charge is -2.16. The lowest BCUT2D eigenvalue weighted by molar-refractivity contribution is -0.119. The van der Waals surface area contributed by atoms with Crippen LogP contribution in [0.2, 0.25) is 0 Å². The van der Waals surface area contributed by atoms with E-state index in [9.17, 15) is 14.4 Å². The van der Waals surface area contributed by atoms with Crippen LogP contribution in [0.1, 0.15) is 37.0 Å². The summed E-state index contributed by atoms with van der Waals surface area (Å²) in [5.41, 5.74) is 2.57. The van der Waals surface area contributed by atoms with Gasteiger partial charge in [0.15, 0.2) is 0 Å². The lowest BCUT2D eigenvalue weighted by atomic mass is 10.1. The maximum Gasteiger partial charge on any atom is 0.255 e. The minimum Gasteiger partial charge on any atom is -0.326 e. The van der Waals surface area contributed by atoms with E-state index in [1.165, 1.54) is 0 Å². The van der Waals surface area contributed by atoms with E-state index in [1.807, 2.05) is 26.0 Å². The van der Waals surface area contributed by atoms with Crippen molar-refractivity contribution in [2.75, 3.05) is 22.1 Å². The molecule has 1 aliphatic heterocycles. The van der Waals surface area contributed by atoms with Crippen molar-refractivity contribution < 1.29 is 14.4 Å². The van der Waals surface area contributed by atoms with Crippen molar-refractivity contribution in [1.29, 1.82) is 0 Å². The highest BCUT2D eigenvalue weighted by Crippen LogP contribution is 2.24. The van der Waals surface area contributed by atoms with Gasteiger partial charge in [0.2, 0.25) is 11.8 Å². The van der Waals surface area contributed by atoms with Crippen molar-refractivity contribution in [3.05, 3.63) is 54.1 Å². The second-order valence-corrected chi connectivity index (χ2v) is 6.87. The number of carbonyl (C=O) groups is 3. The molecule has 1 aliphatic rings. The molecule has 1 heterocycles. The number of anilines is 3. The minimum atomic E-state index is -0.248. The maximum atomic E-state index is 12.5. The van der Waals surface area contributed by atoms with Crippen LogP contribution in [0.15, 0.2) is 48.5 Å². The fourth-order valence-electron chi connectivity index (χ4n) is 2.87. The third-order valence-electron chi connectivity index (χ3n) is 4.43. The molecule has 0 radical (unpaired) electrons. The number of nitrogens with one attached hydrogen (secondary N) is 2. The quantitative estimate of drug-likeness (QED) is 0.849. The molecule has 3 rings (SSSR count). The van der Waals surface area contributed by atoms with E-state index in [0.29, 0.717) is 29.9 Å². The molecule has 6 nitrogen and oxygen atoms in total. The van der Waals surface area contributed by atoms with Crippen molar-refractivity contribution in [2.45, 2.75) is 26.7 Å². The molecular weight excluding hydrogens is 342 g/mol. The summed E-state index contributed by atoms with van der Waals surface area (Å²) in [5, 5.41) is 5.64. The molecule has 2 aromatic rings. The predicted octanol–water partition coefficient (Wildman–Crippen LogP) is 3.66. The Kier molecular flexibility index (Phi) is 5.54. The van der Waals surface area contributed by atoms with Crippen molar-refractivity contribution in [2.24, 2.45) is 5.92 Å². The summed E-state index contributed by atoms with van der Waals surface area (Å²) >= 11 is 0. The second kappa shape index (κ2) is 8.03. The lowest BCUT2D eigenvalue weighted by Crippen LogP contribution is -2.23. The van der Waals surface area contributed by atoms with Crippen molar-refractivity contribution in [3.63, 3.8) is 0 Å². The molecule has 0 aromatic heterocycles. The molecule has 1 fully saturated rings. The molecule has 140 valence electrons. The van der Waals surface area contributed by atoms with E-state index in [1.54, 1.807) is 41.3 Å². The van der Waals surface area contributed by atoms with Crippen LogP contribution >= 0.6 is 0 Å². The van der Waals surface area contributed by atoms with Gasteiger partial charge in [-0.25, -0.2) is 0 Å². The third kappa shape index (κ3) is 4.53. The zero-order valence-corrected chi connectivity index (χ0v) is 15.5. The fraction of sp³-hybridized carbons (Fsp3) is 0.286. The minimum absolute atomic E-state index is 0.0690. The normalized spacial score (nSPS) is 13.7. The Bertz CT molecular complexity index is 859. The molecule has 0 atom stereocenters. The zero-order chi connectivity index (χ0) is 19.4. The van der Waals surface area contributed by atoms with Gasteiger partial charge in [0.05, 0.1) is 0 Å². The maximum absolute atomic E-state index is 12.5. The number of benzene rings is 2. The van der Waals surface area contributed by atoms with Crippen LogP contribution in [0.3, 0.4) is 0 Å². The highest BCUT2D eigenvalue weighted by atomic mass is 16.2. The number of amides is 3. The standard InChI is InChI=1S/C21H23N3O3/c1-14(2)20(26)22-16-10-8-15(9-11-16)21(27)23-17-5-3-6-18(13-17)24-12-4-7-19(24)25/h3,5-6,8-11,13-14H,4,7,12H2,1-2H3,(H,22,26)(H,23,27). The first-order valence-corrected chi connectivity index (χ1v) is 9.07. The van der Waals surface area contributed by atoms with Crippen LogP contribution in [0, 0.1) is 5.92 Å². The van der Waals surface area contributed by atoms with Gasteiger partial charge >= 0.3 is 0 Å². The molecule has 3 amide bonds. The summed E-state index contributed by atoms with van der Waals surface area (Å²) in [7, 11) is 0. The van der Waals surface area contributed by atoms with Crippen molar-refractivity contribution >= 4 is 34.8 Å². The molecule has 0 unspecified atom stereocenters. The summed E-state index contributed by atoms with van der Waals surface area (Å²) in [6.07, 6.45) is 1.42. The monoisotopic (exact) mass is 365 g/mol. The summed E-state index contributed by atoms with van der Waals surface area (Å²) in [4.78, 5) is 37.8. The Balaban J connectivity index is 1.67. The molecule has 6 heteroatoms. The highest BCUT2D eigenvalue weighted by molar-refractivity contribution is 6.05. The summed E-state index contributed by atoms with van der Waals surface area (Å²) in [5.74, 6) is -0.317. The first kappa shape index (κ1) is 18.6. The van der Waals surface area contributed by atoms with Crippen LogP contribution < -0.4 is 15.5 Å². The Morgan fingerprint density at radius 3 is 2.37 bits per heavy atom. The Morgan fingerprint density at radius 2 is 1.74 bits per heavy atom.